The van der Waals surface area contributed by atoms with Crippen molar-refractivity contribution in [3.05, 3.63) is 234 Å². The second-order valence-corrected chi connectivity index (χ2v) is 15.1. The Bertz CT molecular complexity index is 2790. The summed E-state index contributed by atoms with van der Waals surface area (Å²) in [5.74, 6) is 0. The first-order valence-electron chi connectivity index (χ1n) is 20.5. The van der Waals surface area contributed by atoms with Crippen LogP contribution in [0.1, 0.15) is 27.8 Å². The molecule has 0 fully saturated rings. The molecule has 0 aliphatic rings. The molecule has 4 nitrogen and oxygen atoms in total. The molecule has 60 heavy (non-hydrogen) atoms. The highest BCUT2D eigenvalue weighted by molar-refractivity contribution is 5.93. The Morgan fingerprint density at radius 2 is 0.800 bits per heavy atom. The van der Waals surface area contributed by atoms with Crippen molar-refractivity contribution in [2.24, 2.45) is 0 Å². The van der Waals surface area contributed by atoms with Crippen molar-refractivity contribution in [3.63, 3.8) is 0 Å². The van der Waals surface area contributed by atoms with E-state index in [0.29, 0.717) is 5.56 Å². The summed E-state index contributed by atoms with van der Waals surface area (Å²) in [5, 5.41) is 9.86. The van der Waals surface area contributed by atoms with E-state index in [-0.39, 0.29) is 0 Å². The molecule has 9 aromatic rings. The monoisotopic (exact) mass is 770 g/mol. The molecule has 0 saturated heterocycles. The third-order valence-corrected chi connectivity index (χ3v) is 11.1. The second-order valence-electron chi connectivity index (χ2n) is 15.1. The van der Waals surface area contributed by atoms with Gasteiger partial charge in [0.25, 0.3) is 0 Å². The number of aryl methyl sites for hydroxylation is 4. The zero-order valence-electron chi connectivity index (χ0n) is 33.2. The van der Waals surface area contributed by atoms with Gasteiger partial charge in [-0.1, -0.05) is 133 Å². The van der Waals surface area contributed by atoms with Gasteiger partial charge in [-0.05, 0) is 136 Å². The van der Waals surface area contributed by atoms with E-state index < -0.39 is 0 Å². The third kappa shape index (κ3) is 8.72. The Morgan fingerprint density at radius 1 is 0.317 bits per heavy atom. The lowest BCUT2D eigenvalue weighted by atomic mass is 9.86. The van der Waals surface area contributed by atoms with Crippen LogP contribution in [0, 0.1) is 11.3 Å². The maximum atomic E-state index is 9.86. The third-order valence-electron chi connectivity index (χ3n) is 11.1. The van der Waals surface area contributed by atoms with Crippen molar-refractivity contribution >= 4 is 0 Å². The molecule has 0 aliphatic carbocycles. The Morgan fingerprint density at radius 3 is 1.33 bits per heavy atom. The Balaban J connectivity index is 1.08. The number of rotatable bonds is 12. The van der Waals surface area contributed by atoms with Crippen LogP contribution in [0.15, 0.2) is 207 Å². The molecule has 0 atom stereocenters. The normalized spacial score (nSPS) is 10.9. The summed E-state index contributed by atoms with van der Waals surface area (Å²) >= 11 is 0. The zero-order chi connectivity index (χ0) is 40.5. The van der Waals surface area contributed by atoms with E-state index in [9.17, 15) is 5.26 Å². The molecule has 4 heteroatoms. The van der Waals surface area contributed by atoms with Crippen molar-refractivity contribution in [2.45, 2.75) is 25.7 Å². The van der Waals surface area contributed by atoms with Crippen LogP contribution in [0.25, 0.3) is 67.2 Å². The van der Waals surface area contributed by atoms with Crippen LogP contribution in [0.2, 0.25) is 0 Å². The quantitative estimate of drug-likeness (QED) is 0.124. The summed E-state index contributed by atoms with van der Waals surface area (Å²) in [6, 6.07) is 68.4. The van der Waals surface area contributed by atoms with Crippen LogP contribution in [0.5, 0.6) is 0 Å². The Labute approximate surface area is 352 Å². The number of aromatic nitrogens is 3. The molecule has 0 bridgehead atoms. The van der Waals surface area contributed by atoms with Crippen molar-refractivity contribution in [1.29, 1.82) is 5.26 Å². The second kappa shape index (κ2) is 17.8. The van der Waals surface area contributed by atoms with Crippen molar-refractivity contribution in [2.75, 3.05) is 0 Å². The molecule has 286 valence electrons. The summed E-state index contributed by atoms with van der Waals surface area (Å²) in [7, 11) is 0. The molecule has 0 amide bonds. The van der Waals surface area contributed by atoms with E-state index in [1.54, 1.807) is 0 Å². The first-order chi connectivity index (χ1) is 29.7. The van der Waals surface area contributed by atoms with Crippen molar-refractivity contribution in [3.8, 4) is 73.2 Å². The molecule has 0 spiro atoms. The predicted octanol–water partition coefficient (Wildman–Crippen LogP) is 13.3. The molecule has 6 aromatic carbocycles. The summed E-state index contributed by atoms with van der Waals surface area (Å²) in [6.07, 6.45) is 9.19. The highest BCUT2D eigenvalue weighted by Gasteiger charge is 2.16. The molecule has 9 rings (SSSR count). The van der Waals surface area contributed by atoms with Crippen molar-refractivity contribution < 1.29 is 0 Å². The summed E-state index contributed by atoms with van der Waals surface area (Å²) in [5.41, 5.74) is 18.7. The minimum absolute atomic E-state index is 0.630. The van der Waals surface area contributed by atoms with Gasteiger partial charge in [-0.3, -0.25) is 15.0 Å². The first-order valence-corrected chi connectivity index (χ1v) is 20.5. The molecular weight excluding hydrogens is 729 g/mol. The summed E-state index contributed by atoms with van der Waals surface area (Å²) in [4.78, 5) is 13.7. The van der Waals surface area contributed by atoms with Gasteiger partial charge in [0.05, 0.1) is 28.7 Å². The number of nitrogens with zero attached hydrogens (tertiary/aromatic N) is 4. The molecule has 0 radical (unpaired) electrons. The standard InChI is InChI=1S/C56H42N4/c57-39-44-10-9-11-47(37-44)53-38-48(56-16-5-8-33-60-56)29-30-52(53)51-13-2-1-12-50(51)49-35-42(19-17-40-21-25-45(26-22-40)54-14-3-6-31-58-54)34-43(36-49)20-18-41-23-27-46(28-24-41)55-15-4-7-32-59-55/h1-16,21-38H,17-20H2. The molecule has 0 N–H and O–H groups in total. The largest absolute Gasteiger partial charge is 0.256 e. The molecule has 0 aliphatic heterocycles. The lowest BCUT2D eigenvalue weighted by molar-refractivity contribution is 0.931. The number of nitriles is 1. The van der Waals surface area contributed by atoms with Gasteiger partial charge < -0.3 is 0 Å². The van der Waals surface area contributed by atoms with Crippen LogP contribution in [-0.2, 0) is 25.7 Å². The first kappa shape index (κ1) is 37.8. The molecular formula is C56H42N4. The van der Waals surface area contributed by atoms with E-state index in [2.05, 4.69) is 148 Å². The number of benzene rings is 6. The lowest BCUT2D eigenvalue weighted by Crippen LogP contribution is -1.98. The van der Waals surface area contributed by atoms with Gasteiger partial charge in [-0.25, -0.2) is 0 Å². The van der Waals surface area contributed by atoms with Crippen LogP contribution in [0.4, 0.5) is 0 Å². The number of hydrogen-bond donors (Lipinski definition) is 0. The van der Waals surface area contributed by atoms with Gasteiger partial charge in [0.15, 0.2) is 0 Å². The van der Waals surface area contributed by atoms with Gasteiger partial charge in [0.1, 0.15) is 0 Å². The van der Waals surface area contributed by atoms with Gasteiger partial charge >= 0.3 is 0 Å². The van der Waals surface area contributed by atoms with E-state index >= 15 is 0 Å². The predicted molar refractivity (Wildman–Crippen MR) is 245 cm³/mol. The summed E-state index contributed by atoms with van der Waals surface area (Å²) < 4.78 is 0. The van der Waals surface area contributed by atoms with E-state index in [4.69, 9.17) is 0 Å². The summed E-state index contributed by atoms with van der Waals surface area (Å²) in [6.45, 7) is 0. The van der Waals surface area contributed by atoms with Crippen molar-refractivity contribution in [1.82, 2.24) is 15.0 Å². The highest BCUT2D eigenvalue weighted by atomic mass is 14.7. The van der Waals surface area contributed by atoms with Crippen LogP contribution < -0.4 is 0 Å². The Hall–Kier alpha value is -7.74. The minimum Gasteiger partial charge on any atom is -0.256 e. The highest BCUT2D eigenvalue weighted by Crippen LogP contribution is 2.41. The fourth-order valence-corrected chi connectivity index (χ4v) is 7.97. The van der Waals surface area contributed by atoms with Gasteiger partial charge in [-0.2, -0.15) is 5.26 Å². The van der Waals surface area contributed by atoms with Gasteiger partial charge in [0.2, 0.25) is 0 Å². The average molecular weight is 771 g/mol. The van der Waals surface area contributed by atoms with Gasteiger partial charge in [-0.15, -0.1) is 0 Å². The maximum absolute atomic E-state index is 9.86. The molecule has 3 aromatic heterocycles. The fraction of sp³-hybridized carbons (Fsp3) is 0.0714. The van der Waals surface area contributed by atoms with Gasteiger partial charge in [0, 0.05) is 35.3 Å². The Kier molecular flexibility index (Phi) is 11.2. The van der Waals surface area contributed by atoms with E-state index in [0.717, 1.165) is 81.7 Å². The zero-order valence-corrected chi connectivity index (χ0v) is 33.2. The SMILES string of the molecule is N#Cc1cccc(-c2cc(-c3ccccn3)ccc2-c2ccccc2-c2cc(CCc3ccc(-c4ccccn4)cc3)cc(CCc3ccc(-c4ccccn4)cc3)c2)c1. The van der Waals surface area contributed by atoms with Crippen LogP contribution in [-0.4, -0.2) is 15.0 Å². The topological polar surface area (TPSA) is 62.5 Å². The molecule has 3 heterocycles. The maximum Gasteiger partial charge on any atom is 0.0991 e. The lowest BCUT2D eigenvalue weighted by Gasteiger charge is -2.18. The average Bonchev–Trinajstić information content (AvgIpc) is 3.33. The van der Waals surface area contributed by atoms with E-state index in [1.807, 2.05) is 79.3 Å². The number of hydrogen-bond acceptors (Lipinski definition) is 4. The van der Waals surface area contributed by atoms with E-state index in [1.165, 1.54) is 33.4 Å². The molecule has 0 unspecified atom stereocenters. The van der Waals surface area contributed by atoms with Crippen LogP contribution in [0.3, 0.4) is 0 Å². The number of pyridine rings is 3. The minimum atomic E-state index is 0.630. The van der Waals surface area contributed by atoms with Crippen LogP contribution >= 0.6 is 0 Å². The fourth-order valence-electron chi connectivity index (χ4n) is 7.97. The smallest absolute Gasteiger partial charge is 0.0991 e. The molecule has 0 saturated carbocycles.